The first-order chi connectivity index (χ1) is 7.81. The molecule has 1 fully saturated rings. The van der Waals surface area contributed by atoms with Gasteiger partial charge in [0.1, 0.15) is 0 Å². The van der Waals surface area contributed by atoms with E-state index in [1.54, 1.807) is 4.31 Å². The first-order valence-corrected chi connectivity index (χ1v) is 7.75. The molecule has 0 spiro atoms. The molecule has 3 unspecified atom stereocenters. The van der Waals surface area contributed by atoms with Crippen LogP contribution in [0.25, 0.3) is 0 Å². The first kappa shape index (κ1) is 14.9. The molecule has 102 valence electrons. The third-order valence-electron chi connectivity index (χ3n) is 3.06. The van der Waals surface area contributed by atoms with Gasteiger partial charge < -0.3 is 5.73 Å². The fourth-order valence-corrected chi connectivity index (χ4v) is 3.77. The van der Waals surface area contributed by atoms with E-state index in [0.29, 0.717) is 37.9 Å². The van der Waals surface area contributed by atoms with Gasteiger partial charge in [-0.1, -0.05) is 13.8 Å². The number of hydrogen-bond donors (Lipinski definition) is 2. The molecule has 0 saturated carbocycles. The van der Waals surface area contributed by atoms with Crippen molar-refractivity contribution in [1.29, 1.82) is 0 Å². The number of nitrogens with zero attached hydrogens (tertiary/aromatic N) is 1. The lowest BCUT2D eigenvalue weighted by atomic mass is 9.94. The summed E-state index contributed by atoms with van der Waals surface area (Å²) >= 11 is 0. The summed E-state index contributed by atoms with van der Waals surface area (Å²) in [4.78, 5) is 0. The molecule has 1 heterocycles. The van der Waals surface area contributed by atoms with Crippen molar-refractivity contribution < 1.29 is 8.42 Å². The number of nitrogens with one attached hydrogen (secondary N) is 1. The fraction of sp³-hybridized carbons (Fsp3) is 1.00. The Bertz CT molecular complexity index is 320. The zero-order chi connectivity index (χ0) is 13.1. The van der Waals surface area contributed by atoms with Gasteiger partial charge in [0, 0.05) is 25.7 Å². The number of nitrogens with two attached hydrogens (primary N) is 1. The molecule has 3 N–H and O–H groups in total. The Balaban J connectivity index is 2.51. The highest BCUT2D eigenvalue weighted by molar-refractivity contribution is 7.87. The molecule has 1 rings (SSSR count). The van der Waals surface area contributed by atoms with E-state index in [0.717, 1.165) is 6.42 Å². The van der Waals surface area contributed by atoms with Crippen LogP contribution in [0.4, 0.5) is 0 Å². The van der Waals surface area contributed by atoms with Crippen molar-refractivity contribution in [1.82, 2.24) is 9.03 Å². The third kappa shape index (κ3) is 4.91. The van der Waals surface area contributed by atoms with Crippen molar-refractivity contribution in [3.05, 3.63) is 0 Å². The fourth-order valence-electron chi connectivity index (χ4n) is 2.31. The highest BCUT2D eigenvalue weighted by atomic mass is 32.2. The summed E-state index contributed by atoms with van der Waals surface area (Å²) in [6, 6.07) is 0.0249. The smallest absolute Gasteiger partial charge is 0.279 e. The van der Waals surface area contributed by atoms with Crippen LogP contribution in [0.5, 0.6) is 0 Å². The first-order valence-electron chi connectivity index (χ1n) is 6.31. The Labute approximate surface area is 105 Å². The quantitative estimate of drug-likeness (QED) is 0.760. The monoisotopic (exact) mass is 263 g/mol. The van der Waals surface area contributed by atoms with Crippen molar-refractivity contribution in [2.45, 2.75) is 39.7 Å². The van der Waals surface area contributed by atoms with Crippen LogP contribution < -0.4 is 10.5 Å². The number of hydrogen-bond acceptors (Lipinski definition) is 3. The molecule has 0 aliphatic carbocycles. The van der Waals surface area contributed by atoms with E-state index in [9.17, 15) is 8.42 Å². The maximum Gasteiger partial charge on any atom is 0.279 e. The Morgan fingerprint density at radius 1 is 1.35 bits per heavy atom. The van der Waals surface area contributed by atoms with E-state index in [2.05, 4.69) is 18.6 Å². The molecule has 6 heteroatoms. The summed E-state index contributed by atoms with van der Waals surface area (Å²) in [5, 5.41) is 0. The van der Waals surface area contributed by atoms with Gasteiger partial charge in [-0.2, -0.15) is 12.7 Å². The standard InChI is InChI=1S/C11H25N3O2S/c1-9-6-10(2)8-14(7-9)17(15,16)13-5-4-11(3)12/h9-11,13H,4-8,12H2,1-3H3. The third-order valence-corrected chi connectivity index (χ3v) is 4.61. The minimum atomic E-state index is -3.32. The zero-order valence-corrected chi connectivity index (χ0v) is 11.8. The van der Waals surface area contributed by atoms with Gasteiger partial charge in [-0.25, -0.2) is 4.72 Å². The molecule has 0 aromatic carbocycles. The van der Waals surface area contributed by atoms with Crippen LogP contribution in [-0.4, -0.2) is 38.4 Å². The molecule has 1 aliphatic rings. The summed E-state index contributed by atoms with van der Waals surface area (Å²) in [5.74, 6) is 0.868. The van der Waals surface area contributed by atoms with Gasteiger partial charge in [0.15, 0.2) is 0 Å². The Kier molecular flexibility index (Phi) is 5.37. The predicted octanol–water partition coefficient (Wildman–Crippen LogP) is 0.536. The molecule has 0 amide bonds. The second-order valence-corrected chi connectivity index (χ2v) is 7.18. The average molecular weight is 263 g/mol. The molecule has 5 nitrogen and oxygen atoms in total. The predicted molar refractivity (Wildman–Crippen MR) is 69.7 cm³/mol. The molecule has 0 radical (unpaired) electrons. The van der Waals surface area contributed by atoms with Crippen molar-refractivity contribution in [3.8, 4) is 0 Å². The topological polar surface area (TPSA) is 75.4 Å². The van der Waals surface area contributed by atoms with Crippen LogP contribution in [-0.2, 0) is 10.2 Å². The number of rotatable bonds is 5. The summed E-state index contributed by atoms with van der Waals surface area (Å²) in [6.07, 6.45) is 1.77. The molecule has 3 atom stereocenters. The van der Waals surface area contributed by atoms with E-state index < -0.39 is 10.2 Å². The summed E-state index contributed by atoms with van der Waals surface area (Å²) < 4.78 is 28.2. The lowest BCUT2D eigenvalue weighted by Crippen LogP contribution is -2.48. The van der Waals surface area contributed by atoms with Crippen LogP contribution in [0.3, 0.4) is 0 Å². The second-order valence-electron chi connectivity index (χ2n) is 5.43. The van der Waals surface area contributed by atoms with E-state index in [1.807, 2.05) is 6.92 Å². The van der Waals surface area contributed by atoms with E-state index in [1.165, 1.54) is 0 Å². The largest absolute Gasteiger partial charge is 0.328 e. The lowest BCUT2D eigenvalue weighted by Gasteiger charge is -2.34. The van der Waals surface area contributed by atoms with Gasteiger partial charge in [-0.05, 0) is 31.6 Å². The van der Waals surface area contributed by atoms with Crippen LogP contribution in [0.1, 0.15) is 33.6 Å². The Morgan fingerprint density at radius 2 is 1.88 bits per heavy atom. The van der Waals surface area contributed by atoms with Crippen LogP contribution in [0.2, 0.25) is 0 Å². The van der Waals surface area contributed by atoms with Crippen molar-refractivity contribution in [2.24, 2.45) is 17.6 Å². The summed E-state index contributed by atoms with van der Waals surface area (Å²) in [7, 11) is -3.32. The van der Waals surface area contributed by atoms with E-state index >= 15 is 0 Å². The van der Waals surface area contributed by atoms with Gasteiger partial charge in [-0.3, -0.25) is 0 Å². The number of piperidine rings is 1. The van der Waals surface area contributed by atoms with Crippen LogP contribution in [0.15, 0.2) is 0 Å². The van der Waals surface area contributed by atoms with Gasteiger partial charge in [0.2, 0.25) is 0 Å². The molecule has 1 saturated heterocycles. The Morgan fingerprint density at radius 3 is 2.35 bits per heavy atom. The maximum atomic E-state index is 12.0. The molecular formula is C11H25N3O2S. The molecule has 0 aromatic rings. The van der Waals surface area contributed by atoms with Gasteiger partial charge in [0.05, 0.1) is 0 Å². The summed E-state index contributed by atoms with van der Waals surface area (Å²) in [6.45, 7) is 7.73. The molecule has 0 bridgehead atoms. The molecule has 17 heavy (non-hydrogen) atoms. The van der Waals surface area contributed by atoms with Crippen molar-refractivity contribution >= 4 is 10.2 Å². The van der Waals surface area contributed by atoms with Crippen LogP contribution in [0, 0.1) is 11.8 Å². The van der Waals surface area contributed by atoms with E-state index in [4.69, 9.17) is 5.73 Å². The average Bonchev–Trinajstić information content (AvgIpc) is 2.14. The minimum absolute atomic E-state index is 0.0249. The molecule has 1 aliphatic heterocycles. The normalized spacial score (nSPS) is 29.2. The molecule has 0 aromatic heterocycles. The second kappa shape index (κ2) is 6.13. The van der Waals surface area contributed by atoms with Crippen LogP contribution >= 0.6 is 0 Å². The van der Waals surface area contributed by atoms with Gasteiger partial charge in [-0.15, -0.1) is 0 Å². The Hall–Kier alpha value is -0.170. The van der Waals surface area contributed by atoms with Gasteiger partial charge in [0.25, 0.3) is 10.2 Å². The highest BCUT2D eigenvalue weighted by Gasteiger charge is 2.29. The highest BCUT2D eigenvalue weighted by Crippen LogP contribution is 2.22. The van der Waals surface area contributed by atoms with Crippen molar-refractivity contribution in [2.75, 3.05) is 19.6 Å². The lowest BCUT2D eigenvalue weighted by molar-refractivity contribution is 0.220. The van der Waals surface area contributed by atoms with E-state index in [-0.39, 0.29) is 6.04 Å². The molecular weight excluding hydrogens is 238 g/mol. The zero-order valence-electron chi connectivity index (χ0n) is 11.0. The minimum Gasteiger partial charge on any atom is -0.328 e. The van der Waals surface area contributed by atoms with Gasteiger partial charge >= 0.3 is 0 Å². The maximum absolute atomic E-state index is 12.0. The van der Waals surface area contributed by atoms with Crippen molar-refractivity contribution in [3.63, 3.8) is 0 Å². The summed E-state index contributed by atoms with van der Waals surface area (Å²) in [5.41, 5.74) is 5.60. The SMILES string of the molecule is CC(N)CCNS(=O)(=O)N1CC(C)CC(C)C1.